The van der Waals surface area contributed by atoms with Crippen LogP contribution in [0.25, 0.3) is 0 Å². The van der Waals surface area contributed by atoms with Crippen molar-refractivity contribution in [3.8, 4) is 0 Å². The second-order valence-electron chi connectivity index (χ2n) is 5.89. The van der Waals surface area contributed by atoms with Crippen LogP contribution in [-0.4, -0.2) is 23.9 Å². The van der Waals surface area contributed by atoms with Gasteiger partial charge in [0.05, 0.1) is 0 Å². The van der Waals surface area contributed by atoms with Gasteiger partial charge < -0.3 is 4.90 Å². The average Bonchev–Trinajstić information content (AvgIpc) is 3.01. The van der Waals surface area contributed by atoms with E-state index in [0.29, 0.717) is 11.8 Å². The molecule has 0 saturated carbocycles. The second-order valence-corrected chi connectivity index (χ2v) is 6.87. The van der Waals surface area contributed by atoms with Crippen LogP contribution in [0.2, 0.25) is 0 Å². The number of piperidine rings is 1. The molecule has 2 nitrogen and oxygen atoms in total. The zero-order chi connectivity index (χ0) is 14.4. The number of hydrogen-bond donors (Lipinski definition) is 0. The molecule has 1 aromatic rings. The van der Waals surface area contributed by atoms with Crippen molar-refractivity contribution in [1.29, 1.82) is 0 Å². The largest absolute Gasteiger partial charge is 0.342 e. The minimum Gasteiger partial charge on any atom is -0.342 e. The molecule has 1 amide bonds. The predicted molar refractivity (Wildman–Crippen MR) is 86.2 cm³/mol. The van der Waals surface area contributed by atoms with Crippen LogP contribution in [0.4, 0.5) is 0 Å². The summed E-state index contributed by atoms with van der Waals surface area (Å²) in [5.74, 6) is 1.36. The smallest absolute Gasteiger partial charge is 0.225 e. The molecule has 20 heavy (non-hydrogen) atoms. The molecule has 0 aliphatic carbocycles. The SMILES string of the molecule is CCCC(CCC)C(=O)N1CCC(c2cccs2)CC1. The summed E-state index contributed by atoms with van der Waals surface area (Å²) in [6.45, 7) is 6.26. The lowest BCUT2D eigenvalue weighted by molar-refractivity contribution is -0.137. The highest BCUT2D eigenvalue weighted by atomic mass is 32.1. The van der Waals surface area contributed by atoms with Gasteiger partial charge in [0, 0.05) is 23.9 Å². The van der Waals surface area contributed by atoms with E-state index < -0.39 is 0 Å². The Labute approximate surface area is 127 Å². The molecule has 0 spiro atoms. The van der Waals surface area contributed by atoms with E-state index in [1.165, 1.54) is 4.88 Å². The summed E-state index contributed by atoms with van der Waals surface area (Å²) in [6.07, 6.45) is 6.60. The molecular weight excluding hydrogens is 266 g/mol. The highest BCUT2D eigenvalue weighted by molar-refractivity contribution is 7.10. The molecule has 3 heteroatoms. The number of thiophene rings is 1. The Balaban J connectivity index is 1.87. The molecule has 2 rings (SSSR count). The first kappa shape index (κ1) is 15.6. The summed E-state index contributed by atoms with van der Waals surface area (Å²) in [5.41, 5.74) is 0. The first-order chi connectivity index (χ1) is 9.76. The third-order valence-corrected chi connectivity index (χ3v) is 5.41. The van der Waals surface area contributed by atoms with E-state index in [-0.39, 0.29) is 5.92 Å². The van der Waals surface area contributed by atoms with E-state index >= 15 is 0 Å². The highest BCUT2D eigenvalue weighted by Gasteiger charge is 2.28. The zero-order valence-electron chi connectivity index (χ0n) is 12.8. The number of carbonyl (C=O) groups is 1. The van der Waals surface area contributed by atoms with Gasteiger partial charge in [0.2, 0.25) is 5.91 Å². The zero-order valence-corrected chi connectivity index (χ0v) is 13.6. The Bertz CT molecular complexity index is 387. The van der Waals surface area contributed by atoms with Crippen LogP contribution in [0.15, 0.2) is 17.5 Å². The summed E-state index contributed by atoms with van der Waals surface area (Å²) in [6, 6.07) is 4.37. The van der Waals surface area contributed by atoms with Gasteiger partial charge in [-0.1, -0.05) is 32.8 Å². The fraction of sp³-hybridized carbons (Fsp3) is 0.706. The van der Waals surface area contributed by atoms with Gasteiger partial charge in [-0.15, -0.1) is 11.3 Å². The first-order valence-electron chi connectivity index (χ1n) is 8.08. The molecular formula is C17H27NOS. The van der Waals surface area contributed by atoms with Crippen LogP contribution < -0.4 is 0 Å². The fourth-order valence-electron chi connectivity index (χ4n) is 3.25. The lowest BCUT2D eigenvalue weighted by Crippen LogP contribution is -2.41. The quantitative estimate of drug-likeness (QED) is 0.746. The van der Waals surface area contributed by atoms with Gasteiger partial charge in [0.15, 0.2) is 0 Å². The topological polar surface area (TPSA) is 20.3 Å². The Morgan fingerprint density at radius 2 is 1.95 bits per heavy atom. The standard InChI is InChI=1S/C17H27NOS/c1-3-6-15(7-4-2)17(19)18-11-9-14(10-12-18)16-8-5-13-20-16/h5,8,13-15H,3-4,6-7,9-12H2,1-2H3. The summed E-state index contributed by atoms with van der Waals surface area (Å²) >= 11 is 1.86. The molecule has 1 aliphatic heterocycles. The lowest BCUT2D eigenvalue weighted by Gasteiger charge is -2.34. The van der Waals surface area contributed by atoms with E-state index in [1.807, 2.05) is 11.3 Å². The maximum absolute atomic E-state index is 12.6. The van der Waals surface area contributed by atoms with E-state index in [9.17, 15) is 4.79 Å². The van der Waals surface area contributed by atoms with Crippen molar-refractivity contribution < 1.29 is 4.79 Å². The van der Waals surface area contributed by atoms with Crippen molar-refractivity contribution >= 4 is 17.2 Å². The third-order valence-electron chi connectivity index (χ3n) is 4.38. The molecule has 2 heterocycles. The number of amides is 1. The number of likely N-dealkylation sites (tertiary alicyclic amines) is 1. The summed E-state index contributed by atoms with van der Waals surface area (Å²) < 4.78 is 0. The van der Waals surface area contributed by atoms with Crippen molar-refractivity contribution in [3.05, 3.63) is 22.4 Å². The lowest BCUT2D eigenvalue weighted by atomic mass is 9.92. The molecule has 112 valence electrons. The molecule has 1 fully saturated rings. The highest BCUT2D eigenvalue weighted by Crippen LogP contribution is 2.32. The Morgan fingerprint density at radius 1 is 1.30 bits per heavy atom. The minimum absolute atomic E-state index is 0.267. The maximum atomic E-state index is 12.6. The van der Waals surface area contributed by atoms with Crippen LogP contribution in [0.5, 0.6) is 0 Å². The predicted octanol–water partition coefficient (Wildman–Crippen LogP) is 4.67. The molecule has 0 N–H and O–H groups in total. The third kappa shape index (κ3) is 3.85. The average molecular weight is 293 g/mol. The molecule has 0 radical (unpaired) electrons. The van der Waals surface area contributed by atoms with Gasteiger partial charge in [0.1, 0.15) is 0 Å². The van der Waals surface area contributed by atoms with Crippen LogP contribution in [0.1, 0.15) is 63.2 Å². The van der Waals surface area contributed by atoms with Crippen LogP contribution in [0, 0.1) is 5.92 Å². The summed E-state index contributed by atoms with van der Waals surface area (Å²) in [7, 11) is 0. The normalized spacial score (nSPS) is 16.9. The number of carbonyl (C=O) groups excluding carboxylic acids is 1. The molecule has 1 aromatic heterocycles. The number of nitrogens with zero attached hydrogens (tertiary/aromatic N) is 1. The molecule has 0 bridgehead atoms. The first-order valence-corrected chi connectivity index (χ1v) is 8.96. The number of hydrogen-bond acceptors (Lipinski definition) is 2. The molecule has 0 aromatic carbocycles. The van der Waals surface area contributed by atoms with Crippen LogP contribution >= 0.6 is 11.3 Å². The van der Waals surface area contributed by atoms with E-state index in [4.69, 9.17) is 0 Å². The molecule has 1 saturated heterocycles. The van der Waals surface area contributed by atoms with Gasteiger partial charge in [-0.05, 0) is 43.0 Å². The summed E-state index contributed by atoms with van der Waals surface area (Å²) in [5, 5.41) is 2.16. The molecule has 0 unspecified atom stereocenters. The van der Waals surface area contributed by atoms with E-state index in [0.717, 1.165) is 51.6 Å². The van der Waals surface area contributed by atoms with Crippen molar-refractivity contribution in [1.82, 2.24) is 4.90 Å². The minimum atomic E-state index is 0.267. The Morgan fingerprint density at radius 3 is 2.45 bits per heavy atom. The monoisotopic (exact) mass is 293 g/mol. The Hall–Kier alpha value is -0.830. The van der Waals surface area contributed by atoms with E-state index in [1.54, 1.807) is 0 Å². The maximum Gasteiger partial charge on any atom is 0.225 e. The van der Waals surface area contributed by atoms with Gasteiger partial charge in [-0.2, -0.15) is 0 Å². The van der Waals surface area contributed by atoms with Crippen LogP contribution in [-0.2, 0) is 4.79 Å². The van der Waals surface area contributed by atoms with Crippen molar-refractivity contribution in [2.75, 3.05) is 13.1 Å². The van der Waals surface area contributed by atoms with Crippen LogP contribution in [0.3, 0.4) is 0 Å². The second kappa shape index (κ2) is 7.82. The molecule has 1 aliphatic rings. The van der Waals surface area contributed by atoms with Gasteiger partial charge >= 0.3 is 0 Å². The fourth-order valence-corrected chi connectivity index (χ4v) is 4.15. The Kier molecular flexibility index (Phi) is 6.08. The van der Waals surface area contributed by atoms with Crippen molar-refractivity contribution in [3.63, 3.8) is 0 Å². The van der Waals surface area contributed by atoms with E-state index in [2.05, 4.69) is 36.3 Å². The van der Waals surface area contributed by atoms with Gasteiger partial charge in [-0.3, -0.25) is 4.79 Å². The van der Waals surface area contributed by atoms with Crippen molar-refractivity contribution in [2.24, 2.45) is 5.92 Å². The summed E-state index contributed by atoms with van der Waals surface area (Å²) in [4.78, 5) is 16.2. The van der Waals surface area contributed by atoms with Crippen molar-refractivity contribution in [2.45, 2.75) is 58.3 Å². The van der Waals surface area contributed by atoms with Gasteiger partial charge in [-0.25, -0.2) is 0 Å². The van der Waals surface area contributed by atoms with Gasteiger partial charge in [0.25, 0.3) is 0 Å². The number of rotatable bonds is 6. The molecule has 0 atom stereocenters.